The van der Waals surface area contributed by atoms with Crippen molar-refractivity contribution in [2.45, 2.75) is 52.1 Å². The lowest BCUT2D eigenvalue weighted by Gasteiger charge is -2.20. The maximum Gasteiger partial charge on any atom is 0.344 e. The zero-order chi connectivity index (χ0) is 19.3. The number of ether oxygens (including phenoxy) is 6. The maximum atomic E-state index is 11.8. The Bertz CT molecular complexity index is 524. The number of fused-ring (bicyclic) bond motifs is 1. The van der Waals surface area contributed by atoms with Gasteiger partial charge in [-0.05, 0) is 12.3 Å². The van der Waals surface area contributed by atoms with Gasteiger partial charge in [0, 0.05) is 5.57 Å². The summed E-state index contributed by atoms with van der Waals surface area (Å²) in [7, 11) is 0. The van der Waals surface area contributed by atoms with E-state index < -0.39 is 30.8 Å². The largest absolute Gasteiger partial charge is 0.454 e. The molecule has 4 unspecified atom stereocenters. The van der Waals surface area contributed by atoms with Gasteiger partial charge in [0.05, 0.1) is 19.8 Å². The van der Waals surface area contributed by atoms with Crippen molar-refractivity contribution in [1.82, 2.24) is 0 Å². The van der Waals surface area contributed by atoms with Gasteiger partial charge >= 0.3 is 11.9 Å². The molecule has 2 aliphatic rings. The van der Waals surface area contributed by atoms with Gasteiger partial charge in [-0.1, -0.05) is 27.4 Å². The number of hydrogen-bond donors (Lipinski definition) is 0. The third-order valence-corrected chi connectivity index (χ3v) is 3.82. The topological polar surface area (TPSA) is 89.5 Å². The first-order valence-corrected chi connectivity index (χ1v) is 8.62. The van der Waals surface area contributed by atoms with Crippen molar-refractivity contribution in [2.24, 2.45) is 5.41 Å². The summed E-state index contributed by atoms with van der Waals surface area (Å²) in [4.78, 5) is 23.1. The molecule has 0 spiro atoms. The maximum absolute atomic E-state index is 11.8. The van der Waals surface area contributed by atoms with Crippen LogP contribution < -0.4 is 0 Å². The summed E-state index contributed by atoms with van der Waals surface area (Å²) in [5, 5.41) is 0. The van der Waals surface area contributed by atoms with Gasteiger partial charge in [-0.3, -0.25) is 0 Å². The molecule has 0 bridgehead atoms. The Balaban J connectivity index is 1.71. The van der Waals surface area contributed by atoms with E-state index in [1.54, 1.807) is 0 Å². The van der Waals surface area contributed by atoms with E-state index in [1.165, 1.54) is 6.92 Å². The predicted molar refractivity (Wildman–Crippen MR) is 90.3 cm³/mol. The SMILES string of the molecule is C=C(C)C(=O)OCC(=O)OC1COC2C(OCOCC(C)(C)C)COC12. The Morgan fingerprint density at radius 3 is 2.35 bits per heavy atom. The van der Waals surface area contributed by atoms with Gasteiger partial charge in [-0.15, -0.1) is 0 Å². The summed E-state index contributed by atoms with van der Waals surface area (Å²) < 4.78 is 32.6. The van der Waals surface area contributed by atoms with Crippen molar-refractivity contribution in [3.05, 3.63) is 12.2 Å². The third-order valence-electron chi connectivity index (χ3n) is 3.82. The molecule has 0 aromatic rings. The molecule has 0 aliphatic carbocycles. The molecule has 4 atom stereocenters. The average Bonchev–Trinajstić information content (AvgIpc) is 3.11. The van der Waals surface area contributed by atoms with Crippen molar-refractivity contribution in [3.63, 3.8) is 0 Å². The van der Waals surface area contributed by atoms with Crippen LogP contribution in [0, 0.1) is 5.41 Å². The minimum absolute atomic E-state index is 0.0643. The van der Waals surface area contributed by atoms with Crippen LogP contribution in [0.3, 0.4) is 0 Å². The van der Waals surface area contributed by atoms with E-state index in [0.717, 1.165) is 0 Å². The molecule has 148 valence electrons. The molecular weight excluding hydrogens is 344 g/mol. The molecule has 8 nitrogen and oxygen atoms in total. The molecule has 2 heterocycles. The Labute approximate surface area is 153 Å². The number of hydrogen-bond acceptors (Lipinski definition) is 8. The van der Waals surface area contributed by atoms with Crippen LogP contribution in [-0.2, 0) is 38.0 Å². The highest BCUT2D eigenvalue weighted by atomic mass is 16.7. The van der Waals surface area contributed by atoms with Crippen LogP contribution in [0.4, 0.5) is 0 Å². The fourth-order valence-electron chi connectivity index (χ4n) is 2.61. The van der Waals surface area contributed by atoms with Crippen LogP contribution in [-0.4, -0.2) is 69.6 Å². The molecule has 0 saturated carbocycles. The first-order chi connectivity index (χ1) is 12.2. The lowest BCUT2D eigenvalue weighted by atomic mass is 9.99. The van der Waals surface area contributed by atoms with Gasteiger partial charge in [-0.25, -0.2) is 9.59 Å². The van der Waals surface area contributed by atoms with Crippen LogP contribution in [0.1, 0.15) is 27.7 Å². The van der Waals surface area contributed by atoms with E-state index in [-0.39, 0.29) is 36.6 Å². The van der Waals surface area contributed by atoms with E-state index >= 15 is 0 Å². The third kappa shape index (κ3) is 6.05. The van der Waals surface area contributed by atoms with Gasteiger partial charge in [-0.2, -0.15) is 0 Å². The predicted octanol–water partition coefficient (Wildman–Crippen LogP) is 1.22. The number of carbonyl (C=O) groups excluding carboxylic acids is 2. The summed E-state index contributed by atoms with van der Waals surface area (Å²) in [6.07, 6.45) is -1.54. The van der Waals surface area contributed by atoms with Crippen molar-refractivity contribution in [1.29, 1.82) is 0 Å². The number of carbonyl (C=O) groups is 2. The molecule has 2 fully saturated rings. The molecule has 0 aromatic carbocycles. The van der Waals surface area contributed by atoms with E-state index in [4.69, 9.17) is 28.4 Å². The lowest BCUT2D eigenvalue weighted by Crippen LogP contribution is -2.36. The summed E-state index contributed by atoms with van der Waals surface area (Å²) >= 11 is 0. The summed E-state index contributed by atoms with van der Waals surface area (Å²) in [6, 6.07) is 0. The van der Waals surface area contributed by atoms with Crippen molar-refractivity contribution in [2.75, 3.05) is 33.2 Å². The fourth-order valence-corrected chi connectivity index (χ4v) is 2.61. The molecule has 0 amide bonds. The number of rotatable bonds is 8. The first kappa shape index (κ1) is 20.8. The van der Waals surface area contributed by atoms with E-state index in [9.17, 15) is 9.59 Å². The lowest BCUT2D eigenvalue weighted by molar-refractivity contribution is -0.164. The van der Waals surface area contributed by atoms with Crippen molar-refractivity contribution in [3.8, 4) is 0 Å². The van der Waals surface area contributed by atoms with Crippen molar-refractivity contribution < 1.29 is 38.0 Å². The van der Waals surface area contributed by atoms with Gasteiger partial charge in [0.2, 0.25) is 0 Å². The second-order valence-corrected chi connectivity index (χ2v) is 7.71. The monoisotopic (exact) mass is 372 g/mol. The van der Waals surface area contributed by atoms with E-state index in [2.05, 4.69) is 27.4 Å². The number of esters is 2. The first-order valence-electron chi connectivity index (χ1n) is 8.62. The van der Waals surface area contributed by atoms with Gasteiger partial charge in [0.25, 0.3) is 0 Å². The Morgan fingerprint density at radius 1 is 1.12 bits per heavy atom. The van der Waals surface area contributed by atoms with Crippen LogP contribution in [0.15, 0.2) is 12.2 Å². The molecule has 0 aromatic heterocycles. The summed E-state index contributed by atoms with van der Waals surface area (Å²) in [5.41, 5.74) is 0.282. The molecule has 2 aliphatic heterocycles. The fraction of sp³-hybridized carbons (Fsp3) is 0.778. The molecule has 26 heavy (non-hydrogen) atoms. The molecular formula is C18H28O8. The smallest absolute Gasteiger partial charge is 0.344 e. The van der Waals surface area contributed by atoms with Crippen LogP contribution in [0.5, 0.6) is 0 Å². The average molecular weight is 372 g/mol. The zero-order valence-corrected chi connectivity index (χ0v) is 15.8. The van der Waals surface area contributed by atoms with Gasteiger partial charge in [0.15, 0.2) is 12.7 Å². The minimum Gasteiger partial charge on any atom is -0.454 e. The molecule has 0 radical (unpaired) electrons. The standard InChI is InChI=1S/C18H28O8/c1-11(2)17(20)24-8-14(19)26-13-7-23-15-12(6-22-16(13)15)25-10-21-9-18(3,4)5/h12-13,15-16H,1,6-10H2,2-5H3. The normalized spacial score (nSPS) is 27.8. The summed E-state index contributed by atoms with van der Waals surface area (Å²) in [6.45, 7) is 12.0. The minimum atomic E-state index is -0.657. The second-order valence-electron chi connectivity index (χ2n) is 7.71. The summed E-state index contributed by atoms with van der Waals surface area (Å²) in [5.74, 6) is -1.29. The highest BCUT2D eigenvalue weighted by molar-refractivity contribution is 5.88. The Morgan fingerprint density at radius 2 is 1.73 bits per heavy atom. The van der Waals surface area contributed by atoms with E-state index in [0.29, 0.717) is 13.2 Å². The van der Waals surface area contributed by atoms with Crippen LogP contribution >= 0.6 is 0 Å². The van der Waals surface area contributed by atoms with E-state index in [1.807, 2.05) is 0 Å². The highest BCUT2D eigenvalue weighted by Crippen LogP contribution is 2.30. The van der Waals surface area contributed by atoms with Gasteiger partial charge in [0.1, 0.15) is 25.1 Å². The molecule has 0 N–H and O–H groups in total. The van der Waals surface area contributed by atoms with Gasteiger partial charge < -0.3 is 28.4 Å². The van der Waals surface area contributed by atoms with Crippen molar-refractivity contribution >= 4 is 11.9 Å². The Hall–Kier alpha value is -1.48. The quantitative estimate of drug-likeness (QED) is 0.272. The second kappa shape index (κ2) is 8.94. The zero-order valence-electron chi connectivity index (χ0n) is 15.8. The molecule has 8 heteroatoms. The Kier molecular flexibility index (Phi) is 7.16. The van der Waals surface area contributed by atoms with Crippen LogP contribution in [0.25, 0.3) is 0 Å². The highest BCUT2D eigenvalue weighted by Gasteiger charge is 2.50. The molecule has 2 saturated heterocycles. The van der Waals surface area contributed by atoms with Crippen LogP contribution in [0.2, 0.25) is 0 Å². The molecule has 2 rings (SSSR count).